The largest absolute Gasteiger partial charge is 0.748 e. The van der Waals surface area contributed by atoms with Crippen molar-refractivity contribution in [1.29, 1.82) is 0 Å². The molecule has 2 aromatic rings. The minimum atomic E-state index is 0. The van der Waals surface area contributed by atoms with Gasteiger partial charge in [-0.15, -0.1) is 0 Å². The molecule has 2 aromatic carbocycles. The van der Waals surface area contributed by atoms with Gasteiger partial charge in [0.2, 0.25) is 0 Å². The second-order valence-electron chi connectivity index (χ2n) is 7.07. The zero-order valence-corrected chi connectivity index (χ0v) is 15.3. The Morgan fingerprint density at radius 2 is 1.26 bits per heavy atom. The first kappa shape index (κ1) is 18.6. The molecule has 0 N–H and O–H groups in total. The molecule has 1 heteroatoms. The van der Waals surface area contributed by atoms with Gasteiger partial charge >= 0.3 is 0 Å². The van der Waals surface area contributed by atoms with E-state index in [1.165, 1.54) is 64.2 Å². The van der Waals surface area contributed by atoms with Crippen molar-refractivity contribution < 1.29 is 17.1 Å². The summed E-state index contributed by atoms with van der Waals surface area (Å²) in [5.74, 6) is 1.80. The topological polar surface area (TPSA) is 0 Å². The first-order valence-corrected chi connectivity index (χ1v) is 9.37. The number of hydrogen-bond acceptors (Lipinski definition) is 0. The molecule has 0 nitrogen and oxygen atoms in total. The van der Waals surface area contributed by atoms with Crippen molar-refractivity contribution in [2.24, 2.45) is 0 Å². The van der Waals surface area contributed by atoms with Crippen LogP contribution in [0, 0.1) is 0 Å². The Morgan fingerprint density at radius 3 is 1.83 bits per heavy atom. The van der Waals surface area contributed by atoms with E-state index >= 15 is 0 Å². The van der Waals surface area contributed by atoms with E-state index < -0.39 is 0 Å². The first-order valence-electron chi connectivity index (χ1n) is 9.37. The zero-order chi connectivity index (χ0) is 15.0. The van der Waals surface area contributed by atoms with Crippen LogP contribution < -0.4 is 0 Å². The second kappa shape index (κ2) is 10.2. The van der Waals surface area contributed by atoms with E-state index in [0.717, 1.165) is 11.8 Å². The Hall–Kier alpha value is -0.781. The van der Waals surface area contributed by atoms with Crippen LogP contribution in [-0.2, 0) is 17.1 Å². The summed E-state index contributed by atoms with van der Waals surface area (Å²) in [6, 6.07) is 17.2. The summed E-state index contributed by atoms with van der Waals surface area (Å²) in [7, 11) is 0. The fourth-order valence-electron chi connectivity index (χ4n) is 4.34. The minimum absolute atomic E-state index is 0. The van der Waals surface area contributed by atoms with Crippen molar-refractivity contribution in [3.63, 3.8) is 0 Å². The van der Waals surface area contributed by atoms with Gasteiger partial charge in [0.05, 0.1) is 0 Å². The van der Waals surface area contributed by atoms with Gasteiger partial charge in [-0.1, -0.05) is 57.3 Å². The van der Waals surface area contributed by atoms with Crippen molar-refractivity contribution in [2.75, 3.05) is 0 Å². The van der Waals surface area contributed by atoms with Crippen LogP contribution in [0.3, 0.4) is 0 Å². The molecule has 132 valence electrons. The Balaban J connectivity index is 0.000000276. The van der Waals surface area contributed by atoms with Gasteiger partial charge in [0.25, 0.3) is 0 Å². The van der Waals surface area contributed by atoms with Gasteiger partial charge in [-0.25, -0.2) is 12.1 Å². The summed E-state index contributed by atoms with van der Waals surface area (Å²) in [6.07, 6.45) is 14.6. The van der Waals surface area contributed by atoms with Crippen LogP contribution in [0.5, 0.6) is 0 Å². The monoisotopic (exact) mass is 350 g/mol. The summed E-state index contributed by atoms with van der Waals surface area (Å²) in [6.45, 7) is 0. The molecule has 0 radical (unpaired) electrons. The number of hydrogen-bond donors (Lipinski definition) is 0. The molecule has 2 aliphatic rings. The molecule has 2 aliphatic carbocycles. The quantitative estimate of drug-likeness (QED) is 0.408. The Kier molecular flexibility index (Phi) is 8.20. The third-order valence-electron chi connectivity index (χ3n) is 5.53. The van der Waals surface area contributed by atoms with Gasteiger partial charge in [-0.05, 0) is 18.8 Å². The standard InChI is InChI=1S/C17H25.C5H5.Fe/c1-3-8-14(9-4-1)16-12-7-13-17(16)15-10-5-2-6-11-15;1-2-4-5-3-1;/h7,12-15H,1-6,8-11H2;1-5H;/q-1;-5;. The fraction of sp³-hybridized carbons (Fsp3) is 0.545. The second-order valence-corrected chi connectivity index (χ2v) is 7.07. The average molecular weight is 350 g/mol. The molecule has 0 unspecified atom stereocenters. The summed E-state index contributed by atoms with van der Waals surface area (Å²) in [5.41, 5.74) is 3.47. The van der Waals surface area contributed by atoms with Crippen LogP contribution in [0.4, 0.5) is 0 Å². The van der Waals surface area contributed by atoms with Crippen molar-refractivity contribution in [1.82, 2.24) is 0 Å². The molecule has 0 bridgehead atoms. The molecule has 0 aromatic heterocycles. The molecule has 0 spiro atoms. The van der Waals surface area contributed by atoms with Gasteiger partial charge in [0.1, 0.15) is 0 Å². The molecule has 0 amide bonds. The molecule has 0 saturated heterocycles. The average Bonchev–Trinajstić information content (AvgIpc) is 3.31. The fourth-order valence-corrected chi connectivity index (χ4v) is 4.34. The van der Waals surface area contributed by atoms with E-state index in [0.29, 0.717) is 0 Å². The summed E-state index contributed by atoms with van der Waals surface area (Å²) >= 11 is 0. The SMILES string of the molecule is [Fe].[cH-]1[cH-][cH-][cH-][cH-]1.c1cc(C2CCCCC2)[c-](C2CCCCC2)c1. The molecule has 2 saturated carbocycles. The van der Waals surface area contributed by atoms with Gasteiger partial charge in [0, 0.05) is 17.1 Å². The molecule has 4 rings (SSSR count). The normalized spacial score (nSPS) is 19.5. The molecule has 0 heterocycles. The van der Waals surface area contributed by atoms with Crippen LogP contribution in [-0.4, -0.2) is 0 Å². The van der Waals surface area contributed by atoms with Crippen molar-refractivity contribution in [3.8, 4) is 0 Å². The van der Waals surface area contributed by atoms with E-state index in [2.05, 4.69) is 18.2 Å². The predicted octanol–water partition coefficient (Wildman–Crippen LogP) is 6.90. The van der Waals surface area contributed by atoms with Crippen LogP contribution in [0.2, 0.25) is 0 Å². The van der Waals surface area contributed by atoms with Crippen molar-refractivity contribution in [3.05, 3.63) is 59.7 Å². The Labute approximate surface area is 152 Å². The van der Waals surface area contributed by atoms with Crippen LogP contribution in [0.1, 0.15) is 87.2 Å². The van der Waals surface area contributed by atoms with E-state index in [4.69, 9.17) is 0 Å². The summed E-state index contributed by atoms with van der Waals surface area (Å²) in [4.78, 5) is 0. The van der Waals surface area contributed by atoms with E-state index in [1.807, 2.05) is 30.3 Å². The van der Waals surface area contributed by atoms with E-state index in [-0.39, 0.29) is 17.1 Å². The smallest absolute Gasteiger partial charge is 0 e. The first-order chi connectivity index (χ1) is 10.9. The van der Waals surface area contributed by atoms with Gasteiger partial charge < -0.3 is 30.3 Å². The molecular weight excluding hydrogens is 320 g/mol. The van der Waals surface area contributed by atoms with Crippen molar-refractivity contribution in [2.45, 2.75) is 76.0 Å². The van der Waals surface area contributed by atoms with Crippen LogP contribution >= 0.6 is 0 Å². The van der Waals surface area contributed by atoms with E-state index in [9.17, 15) is 0 Å². The minimum Gasteiger partial charge on any atom is -0.748 e. The molecule has 0 atom stereocenters. The molecule has 0 aliphatic heterocycles. The summed E-state index contributed by atoms with van der Waals surface area (Å²) in [5, 5.41) is 0. The Bertz CT molecular complexity index is 446. The maximum absolute atomic E-state index is 2.43. The van der Waals surface area contributed by atoms with Crippen LogP contribution in [0.25, 0.3) is 0 Å². The van der Waals surface area contributed by atoms with Crippen molar-refractivity contribution >= 4 is 0 Å². The zero-order valence-electron chi connectivity index (χ0n) is 14.2. The summed E-state index contributed by atoms with van der Waals surface area (Å²) < 4.78 is 0. The van der Waals surface area contributed by atoms with Gasteiger partial charge in [0.15, 0.2) is 0 Å². The maximum atomic E-state index is 2.43. The van der Waals surface area contributed by atoms with Crippen LogP contribution in [0.15, 0.2) is 48.5 Å². The predicted molar refractivity (Wildman–Crippen MR) is 95.7 cm³/mol. The molecule has 2 fully saturated rings. The maximum Gasteiger partial charge on any atom is 0 e. The third kappa shape index (κ3) is 5.37. The van der Waals surface area contributed by atoms with E-state index in [1.54, 1.807) is 11.1 Å². The molecular formula is C22H30Fe-6. The third-order valence-corrected chi connectivity index (χ3v) is 5.53. The number of rotatable bonds is 2. The Morgan fingerprint density at radius 1 is 0.739 bits per heavy atom. The van der Waals surface area contributed by atoms with Gasteiger partial charge in [-0.2, -0.15) is 17.2 Å². The van der Waals surface area contributed by atoms with Gasteiger partial charge in [-0.3, -0.25) is 0 Å². The molecule has 23 heavy (non-hydrogen) atoms.